The minimum Gasteiger partial charge on any atom is -0.338 e. The van der Waals surface area contributed by atoms with Crippen LogP contribution in [0.3, 0.4) is 0 Å². The van der Waals surface area contributed by atoms with Crippen molar-refractivity contribution in [1.29, 1.82) is 0 Å². The van der Waals surface area contributed by atoms with Crippen LogP contribution in [-0.4, -0.2) is 28.9 Å². The summed E-state index contributed by atoms with van der Waals surface area (Å²) in [4.78, 5) is 13.0. The van der Waals surface area contributed by atoms with Gasteiger partial charge in [-0.25, -0.2) is 4.79 Å². The van der Waals surface area contributed by atoms with Crippen molar-refractivity contribution in [2.45, 2.75) is 19.9 Å². The fourth-order valence-corrected chi connectivity index (χ4v) is 3.27. The van der Waals surface area contributed by atoms with Crippen molar-refractivity contribution in [3.63, 3.8) is 0 Å². The van der Waals surface area contributed by atoms with Crippen LogP contribution < -0.4 is 10.6 Å². The monoisotopic (exact) mass is 354 g/mol. The van der Waals surface area contributed by atoms with Gasteiger partial charge in [-0.05, 0) is 36.4 Å². The zero-order chi connectivity index (χ0) is 17.5. The van der Waals surface area contributed by atoms with Gasteiger partial charge in [0.05, 0.1) is 11.4 Å². The number of hydrogen-bond acceptors (Lipinski definition) is 3. The van der Waals surface area contributed by atoms with E-state index in [4.69, 9.17) is 0 Å². The van der Waals surface area contributed by atoms with Crippen molar-refractivity contribution in [2.24, 2.45) is 0 Å². The Kier molecular flexibility index (Phi) is 5.85. The van der Waals surface area contributed by atoms with Gasteiger partial charge in [-0.1, -0.05) is 36.4 Å². The zero-order valence-corrected chi connectivity index (χ0v) is 15.1. The Hall–Kier alpha value is -2.60. The second-order valence-electron chi connectivity index (χ2n) is 5.79. The molecule has 5 nitrogen and oxygen atoms in total. The predicted molar refractivity (Wildman–Crippen MR) is 102 cm³/mol. The van der Waals surface area contributed by atoms with E-state index in [0.717, 1.165) is 22.7 Å². The third-order valence-corrected chi connectivity index (χ3v) is 4.80. The number of nitrogens with zero attached hydrogens (tertiary/aromatic N) is 2. The molecule has 0 spiro atoms. The number of rotatable bonds is 7. The molecule has 0 aliphatic rings. The number of carbonyl (C=O) groups is 1. The number of carbonyl (C=O) groups excluding carboxylic acids is 1. The minimum absolute atomic E-state index is 0.140. The lowest BCUT2D eigenvalue weighted by Crippen LogP contribution is -2.38. The van der Waals surface area contributed by atoms with Crippen molar-refractivity contribution in [3.8, 4) is 10.6 Å². The number of aryl methyl sites for hydroxylation is 1. The molecule has 6 heteroatoms. The van der Waals surface area contributed by atoms with E-state index in [2.05, 4.69) is 40.0 Å². The highest BCUT2D eigenvalue weighted by Gasteiger charge is 2.07. The van der Waals surface area contributed by atoms with Crippen LogP contribution in [0.1, 0.15) is 11.3 Å². The van der Waals surface area contributed by atoms with Crippen LogP contribution in [0, 0.1) is 6.92 Å². The van der Waals surface area contributed by atoms with Crippen LogP contribution >= 0.6 is 11.3 Å². The normalized spacial score (nSPS) is 10.6. The van der Waals surface area contributed by atoms with E-state index in [9.17, 15) is 4.79 Å². The molecule has 0 aliphatic carbocycles. The maximum atomic E-state index is 11.9. The third kappa shape index (κ3) is 4.93. The minimum atomic E-state index is -0.140. The highest BCUT2D eigenvalue weighted by molar-refractivity contribution is 7.13. The van der Waals surface area contributed by atoms with Gasteiger partial charge in [-0.15, -0.1) is 11.3 Å². The van der Waals surface area contributed by atoms with Gasteiger partial charge in [0.2, 0.25) is 0 Å². The summed E-state index contributed by atoms with van der Waals surface area (Å²) in [7, 11) is 0. The second-order valence-corrected chi connectivity index (χ2v) is 6.74. The lowest BCUT2D eigenvalue weighted by Gasteiger charge is -2.08. The van der Waals surface area contributed by atoms with E-state index >= 15 is 0 Å². The average molecular weight is 354 g/mol. The fraction of sp³-hybridized carbons (Fsp3) is 0.263. The molecule has 0 saturated carbocycles. The van der Waals surface area contributed by atoms with Crippen molar-refractivity contribution in [1.82, 2.24) is 20.4 Å². The first-order chi connectivity index (χ1) is 12.2. The quantitative estimate of drug-likeness (QED) is 0.683. The molecule has 3 aromatic rings. The van der Waals surface area contributed by atoms with Crippen molar-refractivity contribution < 1.29 is 4.79 Å². The number of aromatic nitrogens is 2. The van der Waals surface area contributed by atoms with E-state index < -0.39 is 0 Å². The molecular weight excluding hydrogens is 332 g/mol. The first kappa shape index (κ1) is 17.2. The summed E-state index contributed by atoms with van der Waals surface area (Å²) in [6.07, 6.45) is 0.830. The van der Waals surface area contributed by atoms with Crippen molar-refractivity contribution in [3.05, 3.63) is 65.2 Å². The highest BCUT2D eigenvalue weighted by Crippen LogP contribution is 2.23. The highest BCUT2D eigenvalue weighted by atomic mass is 32.1. The van der Waals surface area contributed by atoms with E-state index in [-0.39, 0.29) is 6.03 Å². The topological polar surface area (TPSA) is 59.0 Å². The molecule has 2 heterocycles. The largest absolute Gasteiger partial charge is 0.338 e. The van der Waals surface area contributed by atoms with Crippen LogP contribution in [-0.2, 0) is 13.0 Å². The Morgan fingerprint density at radius 3 is 2.68 bits per heavy atom. The number of thiophene rings is 1. The maximum Gasteiger partial charge on any atom is 0.314 e. The summed E-state index contributed by atoms with van der Waals surface area (Å²) >= 11 is 1.68. The lowest BCUT2D eigenvalue weighted by molar-refractivity contribution is 0.240. The van der Waals surface area contributed by atoms with Crippen LogP contribution in [0.2, 0.25) is 0 Å². The number of amides is 2. The van der Waals surface area contributed by atoms with Crippen LogP contribution in [0.4, 0.5) is 4.79 Å². The standard InChI is InChI=1S/C19H22N4OS/c1-15-14-17(18-8-5-13-25-18)22-23(15)12-11-21-19(24)20-10-9-16-6-3-2-4-7-16/h2-8,13-14H,9-12H2,1H3,(H2,20,21,24). The Morgan fingerprint density at radius 1 is 1.12 bits per heavy atom. The SMILES string of the molecule is Cc1cc(-c2cccs2)nn1CCNC(=O)NCCc1ccccc1. The molecule has 2 N–H and O–H groups in total. The van der Waals surface area contributed by atoms with Gasteiger partial charge in [0, 0.05) is 18.8 Å². The van der Waals surface area contributed by atoms with E-state index in [0.29, 0.717) is 19.6 Å². The summed E-state index contributed by atoms with van der Waals surface area (Å²) in [5.74, 6) is 0. The molecule has 2 aromatic heterocycles. The van der Waals surface area contributed by atoms with Crippen LogP contribution in [0.5, 0.6) is 0 Å². The van der Waals surface area contributed by atoms with Gasteiger partial charge in [0.1, 0.15) is 5.69 Å². The Balaban J connectivity index is 1.40. The predicted octanol–water partition coefficient (Wildman–Crippen LogP) is 3.46. The number of urea groups is 1. The Labute approximate surface area is 151 Å². The van der Waals surface area contributed by atoms with Gasteiger partial charge in [-0.3, -0.25) is 4.68 Å². The van der Waals surface area contributed by atoms with Gasteiger partial charge in [0.15, 0.2) is 0 Å². The second kappa shape index (κ2) is 8.48. The first-order valence-corrected chi connectivity index (χ1v) is 9.24. The van der Waals surface area contributed by atoms with Gasteiger partial charge >= 0.3 is 6.03 Å². The molecule has 2 amide bonds. The third-order valence-electron chi connectivity index (χ3n) is 3.91. The summed E-state index contributed by atoms with van der Waals surface area (Å²) in [5, 5.41) is 12.4. The summed E-state index contributed by atoms with van der Waals surface area (Å²) < 4.78 is 1.93. The smallest absolute Gasteiger partial charge is 0.314 e. The molecule has 0 unspecified atom stereocenters. The number of nitrogens with one attached hydrogen (secondary N) is 2. The van der Waals surface area contributed by atoms with E-state index in [1.165, 1.54) is 5.56 Å². The van der Waals surface area contributed by atoms with Crippen molar-refractivity contribution in [2.75, 3.05) is 13.1 Å². The van der Waals surface area contributed by atoms with Gasteiger partial charge in [0.25, 0.3) is 0 Å². The molecule has 0 radical (unpaired) electrons. The lowest BCUT2D eigenvalue weighted by atomic mass is 10.1. The summed E-state index contributed by atoms with van der Waals surface area (Å²) in [5.41, 5.74) is 3.30. The molecule has 0 atom stereocenters. The molecule has 0 saturated heterocycles. The molecule has 130 valence electrons. The first-order valence-electron chi connectivity index (χ1n) is 8.36. The van der Waals surface area contributed by atoms with Crippen LogP contribution in [0.15, 0.2) is 53.9 Å². The number of benzene rings is 1. The fourth-order valence-electron chi connectivity index (χ4n) is 2.58. The zero-order valence-electron chi connectivity index (χ0n) is 14.2. The summed E-state index contributed by atoms with van der Waals surface area (Å²) in [6, 6.07) is 16.1. The molecule has 0 bridgehead atoms. The Bertz CT molecular complexity index is 796. The number of hydrogen-bond donors (Lipinski definition) is 2. The molecule has 0 aliphatic heterocycles. The molecule has 0 fully saturated rings. The van der Waals surface area contributed by atoms with Crippen LogP contribution in [0.25, 0.3) is 10.6 Å². The average Bonchev–Trinajstić information content (AvgIpc) is 3.26. The molecule has 1 aromatic carbocycles. The molecule has 25 heavy (non-hydrogen) atoms. The summed E-state index contributed by atoms with van der Waals surface area (Å²) in [6.45, 7) is 3.86. The van der Waals surface area contributed by atoms with Crippen molar-refractivity contribution >= 4 is 17.4 Å². The van der Waals surface area contributed by atoms with E-state index in [1.54, 1.807) is 11.3 Å². The molecule has 3 rings (SSSR count). The molecular formula is C19H22N4OS. The maximum absolute atomic E-state index is 11.9. The van der Waals surface area contributed by atoms with Gasteiger partial charge < -0.3 is 10.6 Å². The van der Waals surface area contributed by atoms with E-state index in [1.807, 2.05) is 41.3 Å². The Morgan fingerprint density at radius 2 is 1.92 bits per heavy atom. The van der Waals surface area contributed by atoms with Gasteiger partial charge in [-0.2, -0.15) is 5.10 Å².